The lowest BCUT2D eigenvalue weighted by Crippen LogP contribution is -2.35. The van der Waals surface area contributed by atoms with Gasteiger partial charge >= 0.3 is 0 Å². The normalized spacial score (nSPS) is 22.3. The van der Waals surface area contributed by atoms with E-state index in [4.69, 9.17) is 0 Å². The molecular formula is C10H16N2. The smallest absolute Gasteiger partial charge is 0.0374 e. The van der Waals surface area contributed by atoms with Crippen LogP contribution in [0.5, 0.6) is 0 Å². The van der Waals surface area contributed by atoms with E-state index in [1.165, 1.54) is 11.3 Å². The first-order valence-electron chi connectivity index (χ1n) is 4.71. The van der Waals surface area contributed by atoms with Gasteiger partial charge < -0.3 is 9.88 Å². The second-order valence-electron chi connectivity index (χ2n) is 3.63. The summed E-state index contributed by atoms with van der Waals surface area (Å²) in [6.45, 7) is 6.59. The van der Waals surface area contributed by atoms with Crippen LogP contribution in [0.4, 0.5) is 0 Å². The fraction of sp³-hybridized carbons (Fsp3) is 0.600. The maximum atomic E-state index is 3.45. The molecule has 2 heterocycles. The largest absolute Gasteiger partial charge is 0.348 e. The number of fused-ring (bicyclic) bond motifs is 1. The third-order valence-electron chi connectivity index (χ3n) is 2.55. The monoisotopic (exact) mass is 164 g/mol. The highest BCUT2D eigenvalue weighted by molar-refractivity contribution is 5.20. The van der Waals surface area contributed by atoms with Crippen molar-refractivity contribution in [3.63, 3.8) is 0 Å². The summed E-state index contributed by atoms with van der Waals surface area (Å²) in [6, 6.07) is 2.92. The van der Waals surface area contributed by atoms with Gasteiger partial charge in [-0.2, -0.15) is 0 Å². The molecule has 2 heteroatoms. The van der Waals surface area contributed by atoms with Crippen molar-refractivity contribution in [2.45, 2.75) is 39.4 Å². The van der Waals surface area contributed by atoms with Gasteiger partial charge in [0, 0.05) is 31.0 Å². The fourth-order valence-corrected chi connectivity index (χ4v) is 1.77. The Morgan fingerprint density at radius 2 is 2.50 bits per heavy atom. The maximum absolute atomic E-state index is 3.45. The van der Waals surface area contributed by atoms with E-state index >= 15 is 0 Å². The molecule has 0 amide bonds. The Morgan fingerprint density at radius 3 is 3.25 bits per heavy atom. The highest BCUT2D eigenvalue weighted by Crippen LogP contribution is 2.13. The van der Waals surface area contributed by atoms with E-state index in [2.05, 4.69) is 36.0 Å². The molecule has 2 nitrogen and oxygen atoms in total. The van der Waals surface area contributed by atoms with Crippen LogP contribution in [0, 0.1) is 0 Å². The first kappa shape index (κ1) is 7.87. The standard InChI is InChI=1S/C10H16N2/c1-3-9-4-10-5-11-8(2)6-12(10)7-9/h4,7-8,11H,3,5-6H2,1-2H3/t8-/m0/s1. The minimum absolute atomic E-state index is 0.620. The van der Waals surface area contributed by atoms with Gasteiger partial charge in [0.15, 0.2) is 0 Å². The summed E-state index contributed by atoms with van der Waals surface area (Å²) in [6.07, 6.45) is 3.43. The molecule has 0 aromatic carbocycles. The molecule has 1 aliphatic heterocycles. The van der Waals surface area contributed by atoms with Gasteiger partial charge in [-0.3, -0.25) is 0 Å². The Hall–Kier alpha value is -0.760. The molecule has 1 atom stereocenters. The molecule has 1 N–H and O–H groups in total. The van der Waals surface area contributed by atoms with Crippen LogP contribution >= 0.6 is 0 Å². The number of nitrogens with zero attached hydrogens (tertiary/aromatic N) is 1. The minimum atomic E-state index is 0.620. The molecule has 0 radical (unpaired) electrons. The van der Waals surface area contributed by atoms with E-state index in [9.17, 15) is 0 Å². The van der Waals surface area contributed by atoms with Crippen LogP contribution < -0.4 is 5.32 Å². The summed E-state index contributed by atoms with van der Waals surface area (Å²) in [5, 5.41) is 3.45. The highest BCUT2D eigenvalue weighted by atomic mass is 15.1. The predicted octanol–water partition coefficient (Wildman–Crippen LogP) is 1.54. The quantitative estimate of drug-likeness (QED) is 0.666. The molecule has 66 valence electrons. The zero-order valence-electron chi connectivity index (χ0n) is 7.80. The van der Waals surface area contributed by atoms with Gasteiger partial charge in [-0.15, -0.1) is 0 Å². The van der Waals surface area contributed by atoms with Gasteiger partial charge in [-0.1, -0.05) is 6.92 Å². The van der Waals surface area contributed by atoms with Crippen LogP contribution in [0.1, 0.15) is 25.1 Å². The van der Waals surface area contributed by atoms with E-state index in [-0.39, 0.29) is 0 Å². The fourth-order valence-electron chi connectivity index (χ4n) is 1.77. The first-order chi connectivity index (χ1) is 5.79. The number of rotatable bonds is 1. The van der Waals surface area contributed by atoms with Crippen molar-refractivity contribution in [3.8, 4) is 0 Å². The molecule has 0 spiro atoms. The lowest BCUT2D eigenvalue weighted by Gasteiger charge is -2.22. The third-order valence-corrected chi connectivity index (χ3v) is 2.55. The second-order valence-corrected chi connectivity index (χ2v) is 3.63. The molecule has 1 aliphatic rings. The van der Waals surface area contributed by atoms with Gasteiger partial charge in [-0.05, 0) is 25.0 Å². The number of nitrogens with one attached hydrogen (secondary N) is 1. The van der Waals surface area contributed by atoms with Crippen LogP contribution in [-0.2, 0) is 19.5 Å². The maximum Gasteiger partial charge on any atom is 0.0374 e. The molecule has 1 aromatic heterocycles. The molecular weight excluding hydrogens is 148 g/mol. The Labute approximate surface area is 73.6 Å². The molecule has 0 unspecified atom stereocenters. The SMILES string of the molecule is CCc1cc2n(c1)C[C@H](C)NC2. The second kappa shape index (κ2) is 2.94. The van der Waals surface area contributed by atoms with Crippen molar-refractivity contribution in [1.82, 2.24) is 9.88 Å². The summed E-state index contributed by atoms with van der Waals surface area (Å²) in [7, 11) is 0. The molecule has 0 fully saturated rings. The van der Waals surface area contributed by atoms with E-state index in [1.807, 2.05) is 0 Å². The van der Waals surface area contributed by atoms with Crippen LogP contribution in [0.15, 0.2) is 12.3 Å². The molecule has 12 heavy (non-hydrogen) atoms. The summed E-state index contributed by atoms with van der Waals surface area (Å²) in [4.78, 5) is 0. The Kier molecular flexibility index (Phi) is 1.93. The van der Waals surface area contributed by atoms with Crippen LogP contribution in [0.2, 0.25) is 0 Å². The Balaban J connectivity index is 2.28. The minimum Gasteiger partial charge on any atom is -0.348 e. The average molecular weight is 164 g/mol. The van der Waals surface area contributed by atoms with Gasteiger partial charge in [-0.25, -0.2) is 0 Å². The van der Waals surface area contributed by atoms with Crippen LogP contribution in [0.25, 0.3) is 0 Å². The highest BCUT2D eigenvalue weighted by Gasteiger charge is 2.13. The van der Waals surface area contributed by atoms with E-state index in [0.717, 1.165) is 19.5 Å². The van der Waals surface area contributed by atoms with Crippen molar-refractivity contribution in [2.75, 3.05) is 0 Å². The van der Waals surface area contributed by atoms with Crippen LogP contribution in [0.3, 0.4) is 0 Å². The number of hydrogen-bond donors (Lipinski definition) is 1. The molecule has 2 rings (SSSR count). The van der Waals surface area contributed by atoms with E-state index in [1.54, 1.807) is 0 Å². The van der Waals surface area contributed by atoms with Crippen molar-refractivity contribution >= 4 is 0 Å². The van der Waals surface area contributed by atoms with Gasteiger partial charge in [0.25, 0.3) is 0 Å². The number of aryl methyl sites for hydroxylation is 1. The molecule has 1 aromatic rings. The molecule has 0 bridgehead atoms. The van der Waals surface area contributed by atoms with Crippen molar-refractivity contribution in [3.05, 3.63) is 23.5 Å². The zero-order chi connectivity index (χ0) is 8.55. The summed E-state index contributed by atoms with van der Waals surface area (Å²) in [5.41, 5.74) is 2.89. The predicted molar refractivity (Wildman–Crippen MR) is 50.1 cm³/mol. The van der Waals surface area contributed by atoms with E-state index in [0.29, 0.717) is 6.04 Å². The third kappa shape index (κ3) is 1.27. The Bertz CT molecular complexity index is 275. The van der Waals surface area contributed by atoms with Crippen molar-refractivity contribution in [2.24, 2.45) is 0 Å². The van der Waals surface area contributed by atoms with Gasteiger partial charge in [0.1, 0.15) is 0 Å². The molecule has 0 saturated carbocycles. The van der Waals surface area contributed by atoms with Gasteiger partial charge in [0.05, 0.1) is 0 Å². The average Bonchev–Trinajstić information content (AvgIpc) is 2.46. The molecule has 0 aliphatic carbocycles. The van der Waals surface area contributed by atoms with Crippen molar-refractivity contribution in [1.29, 1.82) is 0 Å². The number of aromatic nitrogens is 1. The summed E-state index contributed by atoms with van der Waals surface area (Å²) in [5.74, 6) is 0. The Morgan fingerprint density at radius 1 is 1.67 bits per heavy atom. The summed E-state index contributed by atoms with van der Waals surface area (Å²) < 4.78 is 2.38. The van der Waals surface area contributed by atoms with Crippen LogP contribution in [-0.4, -0.2) is 10.6 Å². The lowest BCUT2D eigenvalue weighted by atomic mass is 10.2. The molecule has 0 saturated heterocycles. The topological polar surface area (TPSA) is 17.0 Å². The number of hydrogen-bond acceptors (Lipinski definition) is 1. The van der Waals surface area contributed by atoms with Crippen molar-refractivity contribution < 1.29 is 0 Å². The van der Waals surface area contributed by atoms with Gasteiger partial charge in [0.2, 0.25) is 0 Å². The van der Waals surface area contributed by atoms with E-state index < -0.39 is 0 Å². The zero-order valence-corrected chi connectivity index (χ0v) is 7.80. The summed E-state index contributed by atoms with van der Waals surface area (Å²) >= 11 is 0. The first-order valence-corrected chi connectivity index (χ1v) is 4.71. The lowest BCUT2D eigenvalue weighted by molar-refractivity contribution is 0.417.